The number of fused-ring (bicyclic) bond motifs is 1. The number of benzene rings is 2. The van der Waals surface area contributed by atoms with E-state index in [0.29, 0.717) is 6.42 Å². The van der Waals surface area contributed by atoms with E-state index in [4.69, 9.17) is 4.74 Å². The minimum atomic E-state index is -0.600. The van der Waals surface area contributed by atoms with Gasteiger partial charge < -0.3 is 9.84 Å². The van der Waals surface area contributed by atoms with Crippen molar-refractivity contribution in [2.75, 3.05) is 7.11 Å². The number of hydrogen-bond acceptors (Lipinski definition) is 4. The van der Waals surface area contributed by atoms with Gasteiger partial charge in [0.25, 0.3) is 0 Å². The molecule has 2 aromatic heterocycles. The van der Waals surface area contributed by atoms with Gasteiger partial charge in [0.05, 0.1) is 18.9 Å². The topological polar surface area (TPSA) is 59.7 Å². The van der Waals surface area contributed by atoms with Crippen LogP contribution >= 0.6 is 0 Å². The Balaban J connectivity index is 1.60. The summed E-state index contributed by atoms with van der Waals surface area (Å²) in [4.78, 5) is 4.30. The Hall–Kier alpha value is -3.18. The normalized spacial score (nSPS) is 12.2. The second-order valence-electron chi connectivity index (χ2n) is 6.15. The van der Waals surface area contributed by atoms with E-state index in [1.165, 1.54) is 0 Å². The number of hydrogen-bond donors (Lipinski definition) is 1. The van der Waals surface area contributed by atoms with E-state index in [0.717, 1.165) is 33.8 Å². The molecule has 0 fully saturated rings. The fourth-order valence-corrected chi connectivity index (χ4v) is 3.02. The number of nitrogens with zero attached hydrogens (tertiary/aromatic N) is 3. The van der Waals surface area contributed by atoms with Gasteiger partial charge in [0, 0.05) is 30.4 Å². The molecule has 0 radical (unpaired) electrons. The molecule has 26 heavy (non-hydrogen) atoms. The fourth-order valence-electron chi connectivity index (χ4n) is 3.02. The lowest BCUT2D eigenvalue weighted by Crippen LogP contribution is -2.02. The Kier molecular flexibility index (Phi) is 4.37. The Morgan fingerprint density at radius 1 is 1.08 bits per heavy atom. The second-order valence-corrected chi connectivity index (χ2v) is 6.15. The molecule has 1 unspecified atom stereocenters. The quantitative estimate of drug-likeness (QED) is 0.599. The van der Waals surface area contributed by atoms with E-state index in [9.17, 15) is 5.11 Å². The summed E-state index contributed by atoms with van der Waals surface area (Å²) >= 11 is 0. The lowest BCUT2D eigenvalue weighted by molar-refractivity contribution is 0.178. The Labute approximate surface area is 151 Å². The largest absolute Gasteiger partial charge is 0.497 e. The van der Waals surface area contributed by atoms with Crippen LogP contribution in [0.1, 0.15) is 17.2 Å². The number of rotatable bonds is 5. The maximum Gasteiger partial charge on any atom is 0.155 e. The summed E-state index contributed by atoms with van der Waals surface area (Å²) in [5, 5.41) is 15.2. The van der Waals surface area contributed by atoms with E-state index in [1.54, 1.807) is 17.8 Å². The van der Waals surface area contributed by atoms with Crippen LogP contribution in [-0.4, -0.2) is 26.8 Å². The van der Waals surface area contributed by atoms with Crippen molar-refractivity contribution in [3.05, 3.63) is 84.2 Å². The Morgan fingerprint density at radius 2 is 1.96 bits per heavy atom. The highest BCUT2D eigenvalue weighted by atomic mass is 16.5. The van der Waals surface area contributed by atoms with Crippen molar-refractivity contribution in [2.45, 2.75) is 12.5 Å². The maximum atomic E-state index is 10.7. The zero-order valence-electron chi connectivity index (χ0n) is 14.4. The van der Waals surface area contributed by atoms with Crippen LogP contribution in [0.4, 0.5) is 0 Å². The number of ether oxygens (including phenoxy) is 1. The third kappa shape index (κ3) is 3.30. The van der Waals surface area contributed by atoms with E-state index in [2.05, 4.69) is 10.1 Å². The summed E-state index contributed by atoms with van der Waals surface area (Å²) in [7, 11) is 1.64. The van der Waals surface area contributed by atoms with Gasteiger partial charge in [-0.25, -0.2) is 9.50 Å². The lowest BCUT2D eigenvalue weighted by atomic mass is 9.99. The molecule has 2 aromatic carbocycles. The van der Waals surface area contributed by atoms with Crippen molar-refractivity contribution in [2.24, 2.45) is 0 Å². The van der Waals surface area contributed by atoms with Gasteiger partial charge in [-0.05, 0) is 35.4 Å². The minimum Gasteiger partial charge on any atom is -0.497 e. The predicted octanol–water partition coefficient (Wildman–Crippen LogP) is 3.68. The highest BCUT2D eigenvalue weighted by Gasteiger charge is 2.12. The van der Waals surface area contributed by atoms with Gasteiger partial charge in [-0.3, -0.25) is 0 Å². The van der Waals surface area contributed by atoms with Crippen LogP contribution in [0.5, 0.6) is 5.75 Å². The molecule has 0 aliphatic rings. The lowest BCUT2D eigenvalue weighted by Gasteiger charge is -2.13. The molecular formula is C21H19N3O2. The van der Waals surface area contributed by atoms with Gasteiger partial charge in [-0.1, -0.05) is 30.3 Å². The van der Waals surface area contributed by atoms with Gasteiger partial charge >= 0.3 is 0 Å². The first-order chi connectivity index (χ1) is 12.7. The molecule has 5 heteroatoms. The van der Waals surface area contributed by atoms with Crippen LogP contribution in [0.3, 0.4) is 0 Å². The highest BCUT2D eigenvalue weighted by molar-refractivity contribution is 5.64. The second kappa shape index (κ2) is 6.98. The maximum absolute atomic E-state index is 10.7. The molecule has 2 heterocycles. The van der Waals surface area contributed by atoms with E-state index in [-0.39, 0.29) is 0 Å². The standard InChI is InChI=1S/C21H19N3O2/c1-26-18-8-2-5-15(11-18)12-20(25)17-7-3-6-16(13-17)19-14-21-22-9-4-10-24(21)23-19/h2-11,13-14,20,25H,12H2,1H3. The van der Waals surface area contributed by atoms with Gasteiger partial charge in [0.2, 0.25) is 0 Å². The predicted molar refractivity (Wildman–Crippen MR) is 100 cm³/mol. The Bertz CT molecular complexity index is 1010. The number of aromatic nitrogens is 3. The summed E-state index contributed by atoms with van der Waals surface area (Å²) in [6.45, 7) is 0. The molecule has 5 nitrogen and oxygen atoms in total. The van der Waals surface area contributed by atoms with Crippen LogP contribution in [0, 0.1) is 0 Å². The van der Waals surface area contributed by atoms with Crippen molar-refractivity contribution < 1.29 is 9.84 Å². The highest BCUT2D eigenvalue weighted by Crippen LogP contribution is 2.26. The first kappa shape index (κ1) is 16.3. The third-order valence-corrected chi connectivity index (χ3v) is 4.37. The molecular weight excluding hydrogens is 326 g/mol. The fraction of sp³-hybridized carbons (Fsp3) is 0.143. The van der Waals surface area contributed by atoms with Crippen molar-refractivity contribution in [3.63, 3.8) is 0 Å². The Morgan fingerprint density at radius 3 is 2.81 bits per heavy atom. The monoisotopic (exact) mass is 345 g/mol. The molecule has 0 aliphatic carbocycles. The number of aliphatic hydroxyl groups is 1. The third-order valence-electron chi connectivity index (χ3n) is 4.37. The first-order valence-electron chi connectivity index (χ1n) is 8.45. The van der Waals surface area contributed by atoms with Gasteiger partial charge in [-0.2, -0.15) is 5.10 Å². The van der Waals surface area contributed by atoms with Crippen LogP contribution < -0.4 is 4.74 Å². The zero-order chi connectivity index (χ0) is 17.9. The van der Waals surface area contributed by atoms with E-state index < -0.39 is 6.10 Å². The molecule has 1 atom stereocenters. The molecule has 0 saturated carbocycles. The van der Waals surface area contributed by atoms with Crippen LogP contribution in [0.25, 0.3) is 16.9 Å². The van der Waals surface area contributed by atoms with Gasteiger partial charge in [-0.15, -0.1) is 0 Å². The summed E-state index contributed by atoms with van der Waals surface area (Å²) in [5.74, 6) is 0.792. The van der Waals surface area contributed by atoms with Crippen molar-refractivity contribution in [1.29, 1.82) is 0 Å². The van der Waals surface area contributed by atoms with Crippen LogP contribution in [0.2, 0.25) is 0 Å². The summed E-state index contributed by atoms with van der Waals surface area (Å²) < 4.78 is 6.99. The average molecular weight is 345 g/mol. The van der Waals surface area contributed by atoms with Crippen molar-refractivity contribution in [3.8, 4) is 17.0 Å². The first-order valence-corrected chi connectivity index (χ1v) is 8.45. The van der Waals surface area contributed by atoms with Crippen LogP contribution in [-0.2, 0) is 6.42 Å². The van der Waals surface area contributed by atoms with Gasteiger partial charge in [0.15, 0.2) is 5.65 Å². The molecule has 0 amide bonds. The molecule has 0 aliphatic heterocycles. The average Bonchev–Trinajstić information content (AvgIpc) is 3.12. The molecule has 130 valence electrons. The smallest absolute Gasteiger partial charge is 0.155 e. The van der Waals surface area contributed by atoms with Gasteiger partial charge in [0.1, 0.15) is 5.75 Å². The number of aliphatic hydroxyl groups excluding tert-OH is 1. The molecule has 1 N–H and O–H groups in total. The van der Waals surface area contributed by atoms with Crippen molar-refractivity contribution in [1.82, 2.24) is 14.6 Å². The summed E-state index contributed by atoms with van der Waals surface area (Å²) in [5.41, 5.74) is 4.47. The molecule has 0 bridgehead atoms. The molecule has 0 saturated heterocycles. The molecule has 0 spiro atoms. The molecule has 4 aromatic rings. The zero-order valence-corrected chi connectivity index (χ0v) is 14.4. The minimum absolute atomic E-state index is 0.521. The van der Waals surface area contributed by atoms with Crippen LogP contribution in [0.15, 0.2) is 73.1 Å². The number of methoxy groups -OCH3 is 1. The summed E-state index contributed by atoms with van der Waals surface area (Å²) in [6, 6.07) is 19.4. The SMILES string of the molecule is COc1cccc(CC(O)c2cccc(-c3cc4ncccn4n3)c2)c1. The van der Waals surface area contributed by atoms with E-state index >= 15 is 0 Å². The summed E-state index contributed by atoms with van der Waals surface area (Å²) in [6.07, 6.45) is 3.53. The van der Waals surface area contributed by atoms with Crippen molar-refractivity contribution >= 4 is 5.65 Å². The van der Waals surface area contributed by atoms with E-state index in [1.807, 2.05) is 66.9 Å². The molecule has 4 rings (SSSR count).